The van der Waals surface area contributed by atoms with Gasteiger partial charge in [0.25, 0.3) is 0 Å². The zero-order chi connectivity index (χ0) is 15.9. The number of rotatable bonds is 1. The van der Waals surface area contributed by atoms with E-state index in [-0.39, 0.29) is 18.6 Å². The first-order valence-corrected chi connectivity index (χ1v) is 7.66. The Morgan fingerprint density at radius 1 is 1.41 bits per heavy atom. The monoisotopic (exact) mass is 306 g/mol. The molecule has 1 spiro atoms. The molecule has 22 heavy (non-hydrogen) atoms. The van der Waals surface area contributed by atoms with Crippen LogP contribution >= 0.6 is 0 Å². The highest BCUT2D eigenvalue weighted by molar-refractivity contribution is 5.96. The number of esters is 1. The van der Waals surface area contributed by atoms with Crippen LogP contribution in [0.3, 0.4) is 0 Å². The van der Waals surface area contributed by atoms with Gasteiger partial charge in [-0.25, -0.2) is 4.79 Å². The van der Waals surface area contributed by atoms with Crippen molar-refractivity contribution in [1.29, 1.82) is 0 Å². The van der Waals surface area contributed by atoms with Crippen LogP contribution in [0.5, 0.6) is 0 Å². The molecule has 0 aromatic rings. The lowest BCUT2D eigenvalue weighted by molar-refractivity contribution is -0.274. The maximum atomic E-state index is 12.4. The summed E-state index contributed by atoms with van der Waals surface area (Å²) < 4.78 is 11.0. The van der Waals surface area contributed by atoms with Gasteiger partial charge in [0.1, 0.15) is 24.1 Å². The van der Waals surface area contributed by atoms with E-state index in [9.17, 15) is 19.8 Å². The number of Topliss-reactive ketones (excluding diaryl/α,β-unsaturated/α-hetero) is 1. The first-order chi connectivity index (χ1) is 10.2. The lowest BCUT2D eigenvalue weighted by Gasteiger charge is -2.66. The van der Waals surface area contributed by atoms with Crippen molar-refractivity contribution >= 4 is 11.8 Å². The molecule has 5 fully saturated rings. The van der Waals surface area contributed by atoms with Crippen molar-refractivity contribution < 1.29 is 29.3 Å². The van der Waals surface area contributed by atoms with Gasteiger partial charge < -0.3 is 19.7 Å². The lowest BCUT2D eigenvalue weighted by atomic mass is 9.39. The number of hydrogen-bond donors (Lipinski definition) is 2. The second-order valence-corrected chi connectivity index (χ2v) is 7.84. The molecular formula is C16H18O6. The van der Waals surface area contributed by atoms with E-state index in [0.29, 0.717) is 5.57 Å². The highest BCUT2D eigenvalue weighted by Crippen LogP contribution is 2.79. The molecule has 6 heteroatoms. The van der Waals surface area contributed by atoms with E-state index < -0.39 is 52.2 Å². The van der Waals surface area contributed by atoms with Crippen LogP contribution in [0.4, 0.5) is 0 Å². The number of ketones is 1. The van der Waals surface area contributed by atoms with Crippen LogP contribution in [0.1, 0.15) is 26.7 Å². The summed E-state index contributed by atoms with van der Waals surface area (Å²) in [6.45, 7) is 7.41. The Morgan fingerprint density at radius 2 is 2.09 bits per heavy atom. The third kappa shape index (κ3) is 0.843. The molecule has 3 saturated carbocycles. The normalized spacial score (nSPS) is 63.5. The molecule has 5 rings (SSSR count). The van der Waals surface area contributed by atoms with E-state index >= 15 is 0 Å². The number of ether oxygens (including phenoxy) is 2. The van der Waals surface area contributed by atoms with Gasteiger partial charge in [-0.2, -0.15) is 0 Å². The van der Waals surface area contributed by atoms with Crippen molar-refractivity contribution in [2.45, 2.75) is 56.2 Å². The SMILES string of the molecule is C=C(C)C12CC(=O)[C@@H]1C1(O)C[C@H]3O[C@]34C(=O)O[C@H]([C@@H]2O)[C@]14C. The molecule has 2 saturated heterocycles. The van der Waals surface area contributed by atoms with Gasteiger partial charge in [-0.3, -0.25) is 4.79 Å². The Kier molecular flexibility index (Phi) is 1.83. The topological polar surface area (TPSA) is 96.4 Å². The number of fused-ring (bicyclic) bond motifs is 2. The summed E-state index contributed by atoms with van der Waals surface area (Å²) in [6.07, 6.45) is -1.99. The van der Waals surface area contributed by atoms with Crippen molar-refractivity contribution in [1.82, 2.24) is 0 Å². The first kappa shape index (κ1) is 13.2. The van der Waals surface area contributed by atoms with Crippen LogP contribution in [0.2, 0.25) is 0 Å². The summed E-state index contributed by atoms with van der Waals surface area (Å²) in [5.41, 5.74) is -3.94. The van der Waals surface area contributed by atoms with Crippen LogP contribution in [0, 0.1) is 16.7 Å². The standard InChI is InChI=1S/C16H18O6/c1-6(2)14-4-7(17)9(14)15(20)5-8-16(22-8)12(19)21-11(10(14)18)13(15,16)3/h8-11,18,20H,1,4-5H2,2-3H3/t8-,9+,10+,11-,13-,14?,15?,16+/m1/s1. The van der Waals surface area contributed by atoms with Crippen LogP contribution in [-0.2, 0) is 19.1 Å². The Hall–Kier alpha value is -1.24. The molecule has 0 aromatic heterocycles. The summed E-state index contributed by atoms with van der Waals surface area (Å²) in [5, 5.41) is 22.4. The Bertz CT molecular complexity index is 686. The van der Waals surface area contributed by atoms with Gasteiger partial charge >= 0.3 is 5.97 Å². The third-order valence-corrected chi connectivity index (χ3v) is 7.39. The molecule has 2 unspecified atom stereocenters. The molecule has 6 nitrogen and oxygen atoms in total. The average molecular weight is 306 g/mol. The zero-order valence-electron chi connectivity index (χ0n) is 12.5. The van der Waals surface area contributed by atoms with Crippen LogP contribution in [0.15, 0.2) is 12.2 Å². The summed E-state index contributed by atoms with van der Waals surface area (Å²) in [4.78, 5) is 24.7. The molecule has 2 heterocycles. The number of carbonyl (C=O) groups is 2. The lowest BCUT2D eigenvalue weighted by Crippen LogP contribution is -2.78. The Balaban J connectivity index is 1.79. The fraction of sp³-hybridized carbons (Fsp3) is 0.750. The van der Waals surface area contributed by atoms with Crippen molar-refractivity contribution in [3.8, 4) is 0 Å². The quantitative estimate of drug-likeness (QED) is 0.393. The highest BCUT2D eigenvalue weighted by Gasteiger charge is 2.96. The summed E-state index contributed by atoms with van der Waals surface area (Å²) in [7, 11) is 0. The number of carbonyl (C=O) groups excluding carboxylic acids is 2. The molecule has 2 aliphatic heterocycles. The molecule has 3 aliphatic carbocycles. The zero-order valence-corrected chi connectivity index (χ0v) is 12.5. The minimum atomic E-state index is -1.40. The second kappa shape index (κ2) is 3.05. The van der Waals surface area contributed by atoms with Gasteiger partial charge in [-0.05, 0) is 13.8 Å². The third-order valence-electron chi connectivity index (χ3n) is 7.39. The van der Waals surface area contributed by atoms with E-state index in [1.54, 1.807) is 13.8 Å². The minimum absolute atomic E-state index is 0.0833. The van der Waals surface area contributed by atoms with Gasteiger partial charge in [0.15, 0.2) is 0 Å². The Labute approximate surface area is 127 Å². The molecule has 0 radical (unpaired) electrons. The van der Waals surface area contributed by atoms with Crippen LogP contribution in [0.25, 0.3) is 0 Å². The van der Waals surface area contributed by atoms with Gasteiger partial charge in [0.05, 0.1) is 16.9 Å². The molecule has 0 aromatic carbocycles. The van der Waals surface area contributed by atoms with E-state index in [1.807, 2.05) is 0 Å². The largest absolute Gasteiger partial charge is 0.457 e. The minimum Gasteiger partial charge on any atom is -0.457 e. The predicted octanol–water partition coefficient (Wildman–Crippen LogP) is -0.284. The number of aliphatic hydroxyl groups excluding tert-OH is 1. The van der Waals surface area contributed by atoms with Gasteiger partial charge in [-0.1, -0.05) is 12.2 Å². The van der Waals surface area contributed by atoms with Crippen molar-refractivity contribution in [2.75, 3.05) is 0 Å². The van der Waals surface area contributed by atoms with E-state index in [1.165, 1.54) is 0 Å². The molecule has 5 aliphatic rings. The fourth-order valence-corrected chi connectivity index (χ4v) is 6.15. The van der Waals surface area contributed by atoms with Crippen molar-refractivity contribution in [2.24, 2.45) is 16.7 Å². The molecule has 0 amide bonds. The van der Waals surface area contributed by atoms with E-state index in [2.05, 4.69) is 6.58 Å². The summed E-state index contributed by atoms with van der Waals surface area (Å²) in [5.74, 6) is -1.35. The first-order valence-electron chi connectivity index (χ1n) is 7.66. The van der Waals surface area contributed by atoms with Gasteiger partial charge in [-0.15, -0.1) is 0 Å². The highest BCUT2D eigenvalue weighted by atomic mass is 16.7. The molecule has 118 valence electrons. The van der Waals surface area contributed by atoms with E-state index in [0.717, 1.165) is 0 Å². The van der Waals surface area contributed by atoms with Crippen LogP contribution < -0.4 is 0 Å². The van der Waals surface area contributed by atoms with Gasteiger partial charge in [0, 0.05) is 18.3 Å². The second-order valence-electron chi connectivity index (χ2n) is 7.84. The predicted molar refractivity (Wildman–Crippen MR) is 71.5 cm³/mol. The van der Waals surface area contributed by atoms with Crippen molar-refractivity contribution in [3.63, 3.8) is 0 Å². The van der Waals surface area contributed by atoms with E-state index in [4.69, 9.17) is 9.47 Å². The molecular weight excluding hydrogens is 288 g/mol. The smallest absolute Gasteiger partial charge is 0.342 e. The number of hydrogen-bond acceptors (Lipinski definition) is 6. The molecule has 8 atom stereocenters. The van der Waals surface area contributed by atoms with Gasteiger partial charge in [0.2, 0.25) is 5.60 Å². The Morgan fingerprint density at radius 3 is 2.68 bits per heavy atom. The maximum Gasteiger partial charge on any atom is 0.342 e. The fourth-order valence-electron chi connectivity index (χ4n) is 6.15. The molecule has 2 N–H and O–H groups in total. The maximum absolute atomic E-state index is 12.4. The number of aliphatic hydroxyl groups is 2. The number of epoxide rings is 1. The summed E-state index contributed by atoms with van der Waals surface area (Å²) in [6, 6.07) is 0. The molecule has 0 bridgehead atoms. The van der Waals surface area contributed by atoms with Crippen molar-refractivity contribution in [3.05, 3.63) is 12.2 Å². The average Bonchev–Trinajstić information content (AvgIpc) is 3.01. The summed E-state index contributed by atoms with van der Waals surface area (Å²) >= 11 is 0. The van der Waals surface area contributed by atoms with Crippen LogP contribution in [-0.4, -0.2) is 51.5 Å².